The van der Waals surface area contributed by atoms with Crippen molar-refractivity contribution in [1.82, 2.24) is 0 Å². The van der Waals surface area contributed by atoms with Crippen molar-refractivity contribution in [2.24, 2.45) is 0 Å². The number of amides is 1. The second-order valence-electron chi connectivity index (χ2n) is 6.39. The standard InChI is InChI=1S/C22H24N4O3.ClH/c1-3-29-22(27)25-19-12-13-20(26-21(19)23)24-17-8-4-15(5-9-17)14-16-6-10-18(28-2)11-7-16;/h4-13H,3,14H2,1-2H3,(H,25,27)(H3,23,24,26);1H. The summed E-state index contributed by atoms with van der Waals surface area (Å²) in [4.78, 5) is 14.5. The molecule has 0 aliphatic carbocycles. The van der Waals surface area contributed by atoms with Gasteiger partial charge in [-0.3, -0.25) is 10.6 Å². The average Bonchev–Trinajstić information content (AvgIpc) is 2.72. The normalized spacial score (nSPS) is 9.93. The molecule has 0 aliphatic rings. The summed E-state index contributed by atoms with van der Waals surface area (Å²) < 4.78 is 10.0. The second kappa shape index (κ2) is 10.9. The Kier molecular flexibility index (Phi) is 8.31. The molecule has 0 radical (unpaired) electrons. The number of aromatic amines is 1. The number of hydrogen-bond acceptors (Lipinski definition) is 5. The summed E-state index contributed by atoms with van der Waals surface area (Å²) in [7, 11) is 1.66. The zero-order chi connectivity index (χ0) is 20.6. The summed E-state index contributed by atoms with van der Waals surface area (Å²) in [5.41, 5.74) is 9.79. The largest absolute Gasteiger partial charge is 1.00 e. The summed E-state index contributed by atoms with van der Waals surface area (Å²) in [6, 6.07) is 19.7. The number of H-pyrrole nitrogens is 1. The van der Waals surface area contributed by atoms with Crippen LogP contribution in [-0.4, -0.2) is 19.8 Å². The van der Waals surface area contributed by atoms with Crippen molar-refractivity contribution in [3.8, 4) is 5.75 Å². The summed E-state index contributed by atoms with van der Waals surface area (Å²) in [5, 5.41) is 5.85. The van der Waals surface area contributed by atoms with E-state index in [0.29, 0.717) is 23.9 Å². The van der Waals surface area contributed by atoms with Crippen molar-refractivity contribution in [2.75, 3.05) is 30.1 Å². The van der Waals surface area contributed by atoms with Gasteiger partial charge in [0, 0.05) is 6.07 Å². The maximum atomic E-state index is 11.5. The van der Waals surface area contributed by atoms with Gasteiger partial charge in [-0.2, -0.15) is 0 Å². The number of benzene rings is 2. The number of nitrogens with two attached hydrogens (primary N) is 1. The summed E-state index contributed by atoms with van der Waals surface area (Å²) in [6.45, 7) is 2.04. The van der Waals surface area contributed by atoms with E-state index in [2.05, 4.69) is 39.9 Å². The van der Waals surface area contributed by atoms with Gasteiger partial charge in [0.15, 0.2) is 0 Å². The van der Waals surface area contributed by atoms with Crippen molar-refractivity contribution < 1.29 is 31.7 Å². The van der Waals surface area contributed by atoms with E-state index in [0.717, 1.165) is 17.9 Å². The molecule has 0 saturated heterocycles. The van der Waals surface area contributed by atoms with Gasteiger partial charge in [0.05, 0.1) is 19.4 Å². The first-order valence-corrected chi connectivity index (χ1v) is 9.32. The molecule has 0 spiro atoms. The van der Waals surface area contributed by atoms with E-state index >= 15 is 0 Å². The van der Waals surface area contributed by atoms with E-state index in [1.165, 1.54) is 11.1 Å². The molecule has 158 valence electrons. The zero-order valence-corrected chi connectivity index (χ0v) is 17.6. The molecular weight excluding hydrogens is 404 g/mol. The van der Waals surface area contributed by atoms with Crippen molar-refractivity contribution in [3.05, 3.63) is 71.8 Å². The number of pyridine rings is 1. The van der Waals surface area contributed by atoms with Crippen LogP contribution < -0.4 is 38.5 Å². The first-order valence-electron chi connectivity index (χ1n) is 9.32. The van der Waals surface area contributed by atoms with Crippen LogP contribution in [0.4, 0.5) is 27.8 Å². The molecule has 3 rings (SSSR count). The minimum Gasteiger partial charge on any atom is -1.00 e. The molecule has 0 unspecified atom stereocenters. The molecule has 0 atom stereocenters. The van der Waals surface area contributed by atoms with Crippen LogP contribution in [0.5, 0.6) is 5.75 Å². The Hall–Kier alpha value is -3.45. The van der Waals surface area contributed by atoms with Gasteiger partial charge in [-0.25, -0.2) is 9.78 Å². The fourth-order valence-electron chi connectivity index (χ4n) is 2.81. The van der Waals surface area contributed by atoms with Crippen molar-refractivity contribution in [2.45, 2.75) is 13.3 Å². The number of aromatic nitrogens is 1. The van der Waals surface area contributed by atoms with E-state index in [9.17, 15) is 4.79 Å². The highest BCUT2D eigenvalue weighted by atomic mass is 35.5. The summed E-state index contributed by atoms with van der Waals surface area (Å²) in [6.07, 6.45) is 0.304. The van der Waals surface area contributed by atoms with E-state index < -0.39 is 6.09 Å². The smallest absolute Gasteiger partial charge is 0.411 e. The van der Waals surface area contributed by atoms with Crippen molar-refractivity contribution >= 4 is 29.1 Å². The Labute approximate surface area is 182 Å². The second-order valence-corrected chi connectivity index (χ2v) is 6.39. The van der Waals surface area contributed by atoms with E-state index in [1.807, 2.05) is 24.3 Å². The van der Waals surface area contributed by atoms with Crippen LogP contribution in [0.3, 0.4) is 0 Å². The molecule has 5 N–H and O–H groups in total. The SMILES string of the molecule is CCOC(=O)Nc1ccc(Nc2ccc(Cc3ccc(OC)cc3)cc2)[nH+]c1N.[Cl-]. The van der Waals surface area contributed by atoms with Crippen LogP contribution in [0.15, 0.2) is 60.7 Å². The van der Waals surface area contributed by atoms with Crippen LogP contribution in [0.25, 0.3) is 0 Å². The molecule has 0 bridgehead atoms. The lowest BCUT2D eigenvalue weighted by atomic mass is 10.0. The molecule has 0 aliphatic heterocycles. The molecular formula is C22H25ClN4O3. The fraction of sp³-hybridized carbons (Fsp3) is 0.182. The predicted octanol–water partition coefficient (Wildman–Crippen LogP) is 0.998. The monoisotopic (exact) mass is 428 g/mol. The van der Waals surface area contributed by atoms with E-state index in [-0.39, 0.29) is 12.4 Å². The minimum atomic E-state index is -0.541. The zero-order valence-electron chi connectivity index (χ0n) is 16.9. The Morgan fingerprint density at radius 3 is 2.20 bits per heavy atom. The Bertz CT molecular complexity index is 963. The first kappa shape index (κ1) is 22.8. The van der Waals surface area contributed by atoms with Crippen molar-refractivity contribution in [3.63, 3.8) is 0 Å². The third-order valence-electron chi connectivity index (χ3n) is 4.29. The molecule has 30 heavy (non-hydrogen) atoms. The number of nitrogen functional groups attached to an aromatic ring is 1. The highest BCUT2D eigenvalue weighted by Gasteiger charge is 2.11. The number of halogens is 1. The van der Waals surface area contributed by atoms with Crippen LogP contribution >= 0.6 is 0 Å². The summed E-state index contributed by atoms with van der Waals surface area (Å²) in [5.74, 6) is 1.89. The molecule has 7 nitrogen and oxygen atoms in total. The third kappa shape index (κ3) is 6.28. The quantitative estimate of drug-likeness (QED) is 0.521. The van der Waals surface area contributed by atoms with Gasteiger partial charge in [0.25, 0.3) is 0 Å². The van der Waals surface area contributed by atoms with Gasteiger partial charge < -0.3 is 27.6 Å². The number of carbonyl (C=O) groups is 1. The minimum absolute atomic E-state index is 0. The number of ether oxygens (including phenoxy) is 2. The molecule has 1 heterocycles. The molecule has 3 aromatic rings. The lowest BCUT2D eigenvalue weighted by Crippen LogP contribution is -3.00. The van der Waals surface area contributed by atoms with Crippen LogP contribution in [0.1, 0.15) is 18.1 Å². The maximum Gasteiger partial charge on any atom is 0.411 e. The number of anilines is 4. The highest BCUT2D eigenvalue weighted by Crippen LogP contribution is 2.20. The lowest BCUT2D eigenvalue weighted by Gasteiger charge is -2.08. The fourth-order valence-corrected chi connectivity index (χ4v) is 2.81. The van der Waals surface area contributed by atoms with Crippen molar-refractivity contribution in [1.29, 1.82) is 0 Å². The lowest BCUT2D eigenvalue weighted by molar-refractivity contribution is -0.342. The maximum absolute atomic E-state index is 11.5. The Morgan fingerprint density at radius 2 is 1.63 bits per heavy atom. The predicted molar refractivity (Wildman–Crippen MR) is 114 cm³/mol. The number of nitrogens with one attached hydrogen (secondary N) is 3. The van der Waals surface area contributed by atoms with Crippen LogP contribution in [0, 0.1) is 0 Å². The van der Waals surface area contributed by atoms with Gasteiger partial charge in [-0.05, 0) is 54.8 Å². The topological polar surface area (TPSA) is 99.8 Å². The van der Waals surface area contributed by atoms with E-state index in [1.54, 1.807) is 26.2 Å². The van der Waals surface area contributed by atoms with Gasteiger partial charge in [0.2, 0.25) is 11.6 Å². The Balaban J connectivity index is 0.00000320. The molecule has 2 aromatic carbocycles. The van der Waals surface area contributed by atoms with E-state index in [4.69, 9.17) is 15.2 Å². The third-order valence-corrected chi connectivity index (χ3v) is 4.29. The molecule has 0 fully saturated rings. The summed E-state index contributed by atoms with van der Waals surface area (Å²) >= 11 is 0. The van der Waals surface area contributed by atoms with Crippen LogP contribution in [-0.2, 0) is 11.2 Å². The number of hydrogen-bond donors (Lipinski definition) is 3. The first-order chi connectivity index (χ1) is 14.1. The van der Waals surface area contributed by atoms with Gasteiger partial charge in [-0.1, -0.05) is 24.3 Å². The molecule has 8 heteroatoms. The highest BCUT2D eigenvalue weighted by molar-refractivity contribution is 5.87. The average molecular weight is 429 g/mol. The molecule has 0 saturated carbocycles. The number of carbonyl (C=O) groups excluding carboxylic acids is 1. The van der Waals surface area contributed by atoms with Crippen LogP contribution in [0.2, 0.25) is 0 Å². The number of rotatable bonds is 7. The van der Waals surface area contributed by atoms with Gasteiger partial charge in [-0.15, -0.1) is 0 Å². The Morgan fingerprint density at radius 1 is 1.00 bits per heavy atom. The van der Waals surface area contributed by atoms with Gasteiger partial charge in [0.1, 0.15) is 11.4 Å². The molecule has 1 aromatic heterocycles. The number of methoxy groups -OCH3 is 1. The molecule has 1 amide bonds. The van der Waals surface area contributed by atoms with Gasteiger partial charge >= 0.3 is 6.09 Å².